The van der Waals surface area contributed by atoms with Crippen molar-refractivity contribution < 1.29 is 9.84 Å². The lowest BCUT2D eigenvalue weighted by molar-refractivity contribution is -0.0942. The summed E-state index contributed by atoms with van der Waals surface area (Å²) >= 11 is 0. The van der Waals surface area contributed by atoms with E-state index in [4.69, 9.17) is 10.00 Å². The molecule has 1 N–H and O–H groups in total. The predicted octanol–water partition coefficient (Wildman–Crippen LogP) is 1.47. The molecule has 2 atom stereocenters. The van der Waals surface area contributed by atoms with Gasteiger partial charge in [-0.2, -0.15) is 5.26 Å². The van der Waals surface area contributed by atoms with E-state index in [0.717, 1.165) is 12.8 Å². The maximum Gasteiger partial charge on any atom is 0.0700 e. The van der Waals surface area contributed by atoms with Crippen LogP contribution >= 0.6 is 0 Å². The van der Waals surface area contributed by atoms with E-state index in [9.17, 15) is 5.11 Å². The van der Waals surface area contributed by atoms with Crippen LogP contribution in [0.15, 0.2) is 0 Å². The predicted molar refractivity (Wildman–Crippen MR) is 49.0 cm³/mol. The second-order valence-electron chi connectivity index (χ2n) is 4.29. The van der Waals surface area contributed by atoms with Crippen molar-refractivity contribution in [3.8, 4) is 6.07 Å². The van der Waals surface area contributed by atoms with Crippen molar-refractivity contribution >= 4 is 0 Å². The van der Waals surface area contributed by atoms with Gasteiger partial charge in [0.05, 0.1) is 24.2 Å². The zero-order valence-corrected chi connectivity index (χ0v) is 8.29. The zero-order chi connectivity index (χ0) is 9.90. The van der Waals surface area contributed by atoms with E-state index in [1.807, 2.05) is 19.9 Å². The molecular formula is C10H17NO2. The minimum absolute atomic E-state index is 0.140. The molecule has 0 aromatic rings. The van der Waals surface area contributed by atoms with Crippen molar-refractivity contribution in [2.45, 2.75) is 44.8 Å². The molecule has 1 heterocycles. The Morgan fingerprint density at radius 2 is 2.38 bits per heavy atom. The molecule has 1 aliphatic rings. The highest BCUT2D eigenvalue weighted by atomic mass is 16.5. The summed E-state index contributed by atoms with van der Waals surface area (Å²) in [6, 6.07) is 2.00. The first kappa shape index (κ1) is 10.5. The van der Waals surface area contributed by atoms with Crippen LogP contribution in [0.1, 0.15) is 33.1 Å². The van der Waals surface area contributed by atoms with E-state index in [-0.39, 0.29) is 17.9 Å². The minimum Gasteiger partial charge on any atom is -0.392 e. The molecule has 13 heavy (non-hydrogen) atoms. The number of hydrogen-bond acceptors (Lipinski definition) is 3. The summed E-state index contributed by atoms with van der Waals surface area (Å²) < 4.78 is 5.53. The fourth-order valence-electron chi connectivity index (χ4n) is 1.87. The molecule has 1 rings (SSSR count). The number of nitriles is 1. The summed E-state index contributed by atoms with van der Waals surface area (Å²) in [7, 11) is 0. The fraction of sp³-hybridized carbons (Fsp3) is 0.900. The standard InChI is InChI=1S/C10H17NO2/c1-10(2)7-8(4-6-13-10)9(12)3-5-11/h8-9,12H,3-4,6-7H2,1-2H3. The Bertz CT molecular complexity index is 207. The number of ether oxygens (including phenoxy) is 1. The molecule has 0 radical (unpaired) electrons. The molecule has 0 amide bonds. The smallest absolute Gasteiger partial charge is 0.0700 e. The lowest BCUT2D eigenvalue weighted by atomic mass is 9.84. The highest BCUT2D eigenvalue weighted by Gasteiger charge is 2.32. The first-order valence-electron chi connectivity index (χ1n) is 4.74. The van der Waals surface area contributed by atoms with Crippen LogP contribution in [0.25, 0.3) is 0 Å². The summed E-state index contributed by atoms with van der Waals surface area (Å²) in [5.41, 5.74) is -0.140. The summed E-state index contributed by atoms with van der Waals surface area (Å²) in [4.78, 5) is 0. The summed E-state index contributed by atoms with van der Waals surface area (Å²) in [5, 5.41) is 18.1. The molecule has 2 unspecified atom stereocenters. The van der Waals surface area contributed by atoms with Crippen molar-refractivity contribution in [3.05, 3.63) is 0 Å². The quantitative estimate of drug-likeness (QED) is 0.705. The van der Waals surface area contributed by atoms with Gasteiger partial charge >= 0.3 is 0 Å². The molecule has 1 aliphatic heterocycles. The second-order valence-corrected chi connectivity index (χ2v) is 4.29. The maximum absolute atomic E-state index is 9.63. The lowest BCUT2D eigenvalue weighted by Gasteiger charge is -2.37. The van der Waals surface area contributed by atoms with Crippen LogP contribution in [0.3, 0.4) is 0 Å². The topological polar surface area (TPSA) is 53.2 Å². The number of aliphatic hydroxyl groups is 1. The minimum atomic E-state index is -0.479. The Labute approximate surface area is 79.3 Å². The largest absolute Gasteiger partial charge is 0.392 e. The average molecular weight is 183 g/mol. The zero-order valence-electron chi connectivity index (χ0n) is 8.29. The third kappa shape index (κ3) is 2.98. The van der Waals surface area contributed by atoms with Gasteiger partial charge in [-0.3, -0.25) is 0 Å². The van der Waals surface area contributed by atoms with Crippen molar-refractivity contribution in [2.75, 3.05) is 6.61 Å². The van der Waals surface area contributed by atoms with Crippen molar-refractivity contribution in [1.82, 2.24) is 0 Å². The molecule has 3 nitrogen and oxygen atoms in total. The van der Waals surface area contributed by atoms with Gasteiger partial charge in [0.2, 0.25) is 0 Å². The van der Waals surface area contributed by atoms with Gasteiger partial charge in [0.15, 0.2) is 0 Å². The van der Waals surface area contributed by atoms with E-state index in [1.165, 1.54) is 0 Å². The second kappa shape index (κ2) is 4.08. The van der Waals surface area contributed by atoms with Crippen molar-refractivity contribution in [3.63, 3.8) is 0 Å². The molecular weight excluding hydrogens is 166 g/mol. The van der Waals surface area contributed by atoms with Crippen LogP contribution < -0.4 is 0 Å². The Balaban J connectivity index is 2.47. The number of nitrogens with zero attached hydrogens (tertiary/aromatic N) is 1. The Hall–Kier alpha value is -0.590. The van der Waals surface area contributed by atoms with Crippen LogP contribution in [0.5, 0.6) is 0 Å². The highest BCUT2D eigenvalue weighted by molar-refractivity contribution is 4.86. The molecule has 3 heteroatoms. The summed E-state index contributed by atoms with van der Waals surface area (Å²) in [6.07, 6.45) is 1.47. The first-order valence-corrected chi connectivity index (χ1v) is 4.74. The van der Waals surface area contributed by atoms with Gasteiger partial charge in [-0.1, -0.05) is 0 Å². The molecule has 0 saturated carbocycles. The van der Waals surface area contributed by atoms with Crippen LogP contribution in [-0.2, 0) is 4.74 Å². The molecule has 0 aliphatic carbocycles. The highest BCUT2D eigenvalue weighted by Crippen LogP contribution is 2.31. The van der Waals surface area contributed by atoms with E-state index in [2.05, 4.69) is 0 Å². The van der Waals surface area contributed by atoms with Gasteiger partial charge in [-0.15, -0.1) is 0 Å². The van der Waals surface area contributed by atoms with E-state index in [0.29, 0.717) is 6.61 Å². The van der Waals surface area contributed by atoms with E-state index >= 15 is 0 Å². The Morgan fingerprint density at radius 3 is 2.92 bits per heavy atom. The van der Waals surface area contributed by atoms with Crippen molar-refractivity contribution in [1.29, 1.82) is 5.26 Å². The van der Waals surface area contributed by atoms with E-state index in [1.54, 1.807) is 0 Å². The third-order valence-corrected chi connectivity index (χ3v) is 2.58. The fourth-order valence-corrected chi connectivity index (χ4v) is 1.87. The lowest BCUT2D eigenvalue weighted by Crippen LogP contribution is -2.38. The van der Waals surface area contributed by atoms with Crippen LogP contribution in [0, 0.1) is 17.2 Å². The number of aliphatic hydroxyl groups excluding tert-OH is 1. The molecule has 74 valence electrons. The Morgan fingerprint density at radius 1 is 1.69 bits per heavy atom. The molecule has 0 bridgehead atoms. The molecule has 0 spiro atoms. The molecule has 1 fully saturated rings. The van der Waals surface area contributed by atoms with E-state index < -0.39 is 6.10 Å². The number of rotatable bonds is 2. The molecule has 0 aromatic heterocycles. The molecule has 1 saturated heterocycles. The van der Waals surface area contributed by atoms with Gasteiger partial charge in [0, 0.05) is 6.61 Å². The van der Waals surface area contributed by atoms with Gasteiger partial charge in [0.1, 0.15) is 0 Å². The maximum atomic E-state index is 9.63. The van der Waals surface area contributed by atoms with Gasteiger partial charge in [-0.25, -0.2) is 0 Å². The Kier molecular flexibility index (Phi) is 3.29. The normalized spacial score (nSPS) is 29.2. The monoisotopic (exact) mass is 183 g/mol. The van der Waals surface area contributed by atoms with Crippen LogP contribution in [0.4, 0.5) is 0 Å². The van der Waals surface area contributed by atoms with Gasteiger partial charge in [0.25, 0.3) is 0 Å². The first-order chi connectivity index (χ1) is 6.05. The van der Waals surface area contributed by atoms with Gasteiger partial charge in [-0.05, 0) is 32.6 Å². The third-order valence-electron chi connectivity index (χ3n) is 2.58. The average Bonchev–Trinajstić information content (AvgIpc) is 2.03. The SMILES string of the molecule is CC1(C)CC(C(O)CC#N)CCO1. The van der Waals surface area contributed by atoms with Gasteiger partial charge < -0.3 is 9.84 Å². The van der Waals surface area contributed by atoms with Crippen LogP contribution in [-0.4, -0.2) is 23.4 Å². The van der Waals surface area contributed by atoms with Crippen LogP contribution in [0.2, 0.25) is 0 Å². The molecule has 0 aromatic carbocycles. The summed E-state index contributed by atoms with van der Waals surface area (Å²) in [5.74, 6) is 0.225. The summed E-state index contributed by atoms with van der Waals surface area (Å²) in [6.45, 7) is 4.75. The van der Waals surface area contributed by atoms with Crippen molar-refractivity contribution in [2.24, 2.45) is 5.92 Å². The number of hydrogen-bond donors (Lipinski definition) is 1.